The highest BCUT2D eigenvalue weighted by molar-refractivity contribution is 5.78. The number of nitrogens with zero attached hydrogens (tertiary/aromatic N) is 1. The SMILES string of the molecule is COC(=O)CCCCCCCC(=O)n1cccc1. The topological polar surface area (TPSA) is 48.3 Å². The van der Waals surface area contributed by atoms with Crippen molar-refractivity contribution in [1.82, 2.24) is 4.57 Å². The van der Waals surface area contributed by atoms with E-state index in [1.807, 2.05) is 12.1 Å². The van der Waals surface area contributed by atoms with E-state index >= 15 is 0 Å². The van der Waals surface area contributed by atoms with Gasteiger partial charge in [0, 0.05) is 25.2 Å². The number of ether oxygens (including phenoxy) is 1. The maximum Gasteiger partial charge on any atom is 0.305 e. The third kappa shape index (κ3) is 5.66. The molecular formula is C14H21NO3. The third-order valence-corrected chi connectivity index (χ3v) is 2.89. The Hall–Kier alpha value is -1.58. The summed E-state index contributed by atoms with van der Waals surface area (Å²) in [6, 6.07) is 3.70. The Morgan fingerprint density at radius 1 is 0.944 bits per heavy atom. The van der Waals surface area contributed by atoms with Crippen molar-refractivity contribution in [3.63, 3.8) is 0 Å². The Kier molecular flexibility index (Phi) is 6.84. The first-order valence-corrected chi connectivity index (χ1v) is 6.47. The first kappa shape index (κ1) is 14.5. The minimum Gasteiger partial charge on any atom is -0.469 e. The number of carbonyl (C=O) groups excluding carboxylic acids is 2. The van der Waals surface area contributed by atoms with Gasteiger partial charge >= 0.3 is 5.97 Å². The van der Waals surface area contributed by atoms with Gasteiger partial charge in [0.15, 0.2) is 0 Å². The molecule has 0 radical (unpaired) electrons. The van der Waals surface area contributed by atoms with Crippen molar-refractivity contribution in [2.75, 3.05) is 7.11 Å². The van der Waals surface area contributed by atoms with Crippen molar-refractivity contribution in [3.05, 3.63) is 24.5 Å². The molecule has 0 aliphatic carbocycles. The van der Waals surface area contributed by atoms with Crippen molar-refractivity contribution < 1.29 is 14.3 Å². The Morgan fingerprint density at radius 3 is 2.11 bits per heavy atom. The van der Waals surface area contributed by atoms with E-state index in [4.69, 9.17) is 0 Å². The minimum atomic E-state index is -0.141. The van der Waals surface area contributed by atoms with Crippen LogP contribution >= 0.6 is 0 Å². The van der Waals surface area contributed by atoms with E-state index < -0.39 is 0 Å². The number of aromatic nitrogens is 1. The lowest BCUT2D eigenvalue weighted by Gasteiger charge is -2.02. The van der Waals surface area contributed by atoms with Crippen molar-refractivity contribution >= 4 is 11.9 Å². The summed E-state index contributed by atoms with van der Waals surface area (Å²) in [5, 5.41) is 0. The van der Waals surface area contributed by atoms with Crippen LogP contribution in [-0.4, -0.2) is 23.6 Å². The molecule has 0 N–H and O–H groups in total. The maximum atomic E-state index is 11.6. The van der Waals surface area contributed by atoms with Gasteiger partial charge in [-0.1, -0.05) is 19.3 Å². The first-order valence-electron chi connectivity index (χ1n) is 6.47. The number of hydrogen-bond acceptors (Lipinski definition) is 3. The van der Waals surface area contributed by atoms with E-state index in [1.165, 1.54) is 7.11 Å². The van der Waals surface area contributed by atoms with Crippen LogP contribution in [0.2, 0.25) is 0 Å². The van der Waals surface area contributed by atoms with Gasteiger partial charge in [-0.3, -0.25) is 14.2 Å². The lowest BCUT2D eigenvalue weighted by atomic mass is 10.1. The normalized spacial score (nSPS) is 10.3. The van der Waals surface area contributed by atoms with E-state index in [-0.39, 0.29) is 11.9 Å². The van der Waals surface area contributed by atoms with Crippen molar-refractivity contribution in [1.29, 1.82) is 0 Å². The molecule has 0 fully saturated rings. The number of hydrogen-bond donors (Lipinski definition) is 0. The van der Waals surface area contributed by atoms with Gasteiger partial charge in [0.1, 0.15) is 0 Å². The molecule has 100 valence electrons. The predicted octanol–water partition coefficient (Wildman–Crippen LogP) is 3.03. The fraction of sp³-hybridized carbons (Fsp3) is 0.571. The molecule has 1 rings (SSSR count). The first-order chi connectivity index (χ1) is 8.74. The maximum absolute atomic E-state index is 11.6. The average Bonchev–Trinajstić information content (AvgIpc) is 2.91. The van der Waals surface area contributed by atoms with Crippen LogP contribution in [-0.2, 0) is 9.53 Å². The summed E-state index contributed by atoms with van der Waals surface area (Å²) in [6.07, 6.45) is 9.55. The van der Waals surface area contributed by atoms with Gasteiger partial charge in [0.05, 0.1) is 7.11 Å². The second-order valence-corrected chi connectivity index (χ2v) is 4.33. The summed E-state index contributed by atoms with van der Waals surface area (Å²) in [6.45, 7) is 0. The number of methoxy groups -OCH3 is 1. The quantitative estimate of drug-likeness (QED) is 0.527. The van der Waals surface area contributed by atoms with Crippen molar-refractivity contribution in [2.24, 2.45) is 0 Å². The second-order valence-electron chi connectivity index (χ2n) is 4.33. The molecule has 0 unspecified atom stereocenters. The predicted molar refractivity (Wildman–Crippen MR) is 69.4 cm³/mol. The molecule has 4 nitrogen and oxygen atoms in total. The molecule has 0 spiro atoms. The summed E-state index contributed by atoms with van der Waals surface area (Å²) in [7, 11) is 1.41. The molecule has 1 heterocycles. The summed E-state index contributed by atoms with van der Waals surface area (Å²) in [4.78, 5) is 22.5. The van der Waals surface area contributed by atoms with Crippen LogP contribution in [0.3, 0.4) is 0 Å². The number of carbonyl (C=O) groups is 2. The number of esters is 1. The Labute approximate surface area is 108 Å². The zero-order valence-electron chi connectivity index (χ0n) is 10.9. The second kappa shape index (κ2) is 8.50. The highest BCUT2D eigenvalue weighted by atomic mass is 16.5. The summed E-state index contributed by atoms with van der Waals surface area (Å²) in [5.41, 5.74) is 0. The molecule has 0 aromatic carbocycles. The molecule has 0 atom stereocenters. The van der Waals surface area contributed by atoms with Crippen LogP contribution in [0, 0.1) is 0 Å². The molecule has 1 aromatic heterocycles. The lowest BCUT2D eigenvalue weighted by Crippen LogP contribution is -2.07. The van der Waals surface area contributed by atoms with E-state index in [0.717, 1.165) is 32.1 Å². The molecule has 4 heteroatoms. The standard InChI is InChI=1S/C14H21NO3/c1-18-14(17)10-6-4-2-3-5-9-13(16)15-11-7-8-12-15/h7-8,11-12H,2-6,9-10H2,1H3. The van der Waals surface area contributed by atoms with Gasteiger partial charge in [0.2, 0.25) is 5.91 Å². The van der Waals surface area contributed by atoms with E-state index in [2.05, 4.69) is 4.74 Å². The smallest absolute Gasteiger partial charge is 0.305 e. The lowest BCUT2D eigenvalue weighted by molar-refractivity contribution is -0.140. The van der Waals surface area contributed by atoms with Crippen molar-refractivity contribution in [3.8, 4) is 0 Å². The van der Waals surface area contributed by atoms with Gasteiger partial charge in [-0.2, -0.15) is 0 Å². The molecular weight excluding hydrogens is 230 g/mol. The molecule has 0 bridgehead atoms. The van der Waals surface area contributed by atoms with E-state index in [0.29, 0.717) is 12.8 Å². The Morgan fingerprint density at radius 2 is 1.50 bits per heavy atom. The Balaban J connectivity index is 1.96. The fourth-order valence-electron chi connectivity index (χ4n) is 1.81. The zero-order chi connectivity index (χ0) is 13.2. The van der Waals surface area contributed by atoms with Crippen LogP contribution in [0.1, 0.15) is 49.7 Å². The van der Waals surface area contributed by atoms with Crippen molar-refractivity contribution in [2.45, 2.75) is 44.9 Å². The summed E-state index contributed by atoms with van der Waals surface area (Å²) < 4.78 is 6.19. The molecule has 0 amide bonds. The number of unbranched alkanes of at least 4 members (excludes halogenated alkanes) is 4. The van der Waals surface area contributed by atoms with Gasteiger partial charge in [-0.25, -0.2) is 0 Å². The fourth-order valence-corrected chi connectivity index (χ4v) is 1.81. The highest BCUT2D eigenvalue weighted by Gasteiger charge is 2.03. The van der Waals surface area contributed by atoms with E-state index in [9.17, 15) is 9.59 Å². The molecule has 18 heavy (non-hydrogen) atoms. The average molecular weight is 251 g/mol. The summed E-state index contributed by atoms with van der Waals surface area (Å²) >= 11 is 0. The summed E-state index contributed by atoms with van der Waals surface area (Å²) in [5.74, 6) is 0.00680. The molecule has 0 saturated heterocycles. The molecule has 0 saturated carbocycles. The minimum absolute atomic E-state index is 0.141. The van der Waals surface area contributed by atoms with Gasteiger partial charge in [0.25, 0.3) is 0 Å². The molecule has 0 aliphatic rings. The molecule has 0 aliphatic heterocycles. The zero-order valence-corrected chi connectivity index (χ0v) is 10.9. The monoisotopic (exact) mass is 251 g/mol. The van der Waals surface area contributed by atoms with Gasteiger partial charge < -0.3 is 4.74 Å². The Bertz CT molecular complexity index is 357. The van der Waals surface area contributed by atoms with Crippen LogP contribution in [0.25, 0.3) is 0 Å². The highest BCUT2D eigenvalue weighted by Crippen LogP contribution is 2.08. The van der Waals surface area contributed by atoms with E-state index in [1.54, 1.807) is 17.0 Å². The number of rotatable bonds is 8. The van der Waals surface area contributed by atoms with Crippen LogP contribution in [0.5, 0.6) is 0 Å². The van der Waals surface area contributed by atoms with Gasteiger partial charge in [-0.05, 0) is 25.0 Å². The van der Waals surface area contributed by atoms with Gasteiger partial charge in [-0.15, -0.1) is 0 Å². The largest absolute Gasteiger partial charge is 0.469 e. The molecule has 1 aromatic rings. The van der Waals surface area contributed by atoms with Crippen LogP contribution < -0.4 is 0 Å². The van der Waals surface area contributed by atoms with Crippen LogP contribution in [0.4, 0.5) is 0 Å². The van der Waals surface area contributed by atoms with Crippen LogP contribution in [0.15, 0.2) is 24.5 Å². The third-order valence-electron chi connectivity index (χ3n) is 2.89.